The van der Waals surface area contributed by atoms with Crippen LogP contribution in [0.5, 0.6) is 0 Å². The molecule has 1 N–H and O–H groups in total. The number of carbonyl (C=O) groups is 1. The van der Waals surface area contributed by atoms with Gasteiger partial charge in [-0.2, -0.15) is 0 Å². The van der Waals surface area contributed by atoms with Crippen molar-refractivity contribution < 1.29 is 9.63 Å². The number of piperidine rings is 1. The van der Waals surface area contributed by atoms with E-state index in [-0.39, 0.29) is 11.5 Å². The second kappa shape index (κ2) is 3.71. The maximum Gasteiger partial charge on any atom is 0.249 e. The number of amides is 1. The van der Waals surface area contributed by atoms with Gasteiger partial charge in [0, 0.05) is 0 Å². The lowest BCUT2D eigenvalue weighted by atomic mass is 9.90. The molecule has 0 unspecified atom stereocenters. The number of nitrogens with one attached hydrogen (secondary N) is 1. The Morgan fingerprint density at radius 1 is 1.57 bits per heavy atom. The summed E-state index contributed by atoms with van der Waals surface area (Å²) < 4.78 is 0. The summed E-state index contributed by atoms with van der Waals surface area (Å²) in [5.74, 6) is 0.0896. The molecule has 0 bridgehead atoms. The highest BCUT2D eigenvalue weighted by Crippen LogP contribution is 2.34. The molecule has 4 heteroatoms. The lowest BCUT2D eigenvalue weighted by Crippen LogP contribution is -2.42. The van der Waals surface area contributed by atoms with Crippen LogP contribution in [0.15, 0.2) is 12.7 Å². The van der Waals surface area contributed by atoms with Crippen molar-refractivity contribution in [1.29, 1.82) is 0 Å². The molecule has 78 valence electrons. The number of hydrogen-bond donors (Lipinski definition) is 1. The minimum atomic E-state index is -0.217. The van der Waals surface area contributed by atoms with E-state index in [0.29, 0.717) is 13.0 Å². The van der Waals surface area contributed by atoms with Gasteiger partial charge in [0.25, 0.3) is 0 Å². The molecule has 0 saturated carbocycles. The van der Waals surface area contributed by atoms with Crippen molar-refractivity contribution in [3.63, 3.8) is 0 Å². The van der Waals surface area contributed by atoms with Crippen molar-refractivity contribution in [2.45, 2.75) is 24.9 Å². The van der Waals surface area contributed by atoms with Gasteiger partial charge in [-0.05, 0) is 25.9 Å². The molecule has 14 heavy (non-hydrogen) atoms. The fourth-order valence-electron chi connectivity index (χ4n) is 2.09. The monoisotopic (exact) mass is 196 g/mol. The molecule has 4 nitrogen and oxygen atoms in total. The van der Waals surface area contributed by atoms with E-state index >= 15 is 0 Å². The van der Waals surface area contributed by atoms with Crippen LogP contribution in [0.1, 0.15) is 19.3 Å². The SMILES string of the molecule is C=CCN1OC2(CCNCC2)CC1=O. The fraction of sp³-hybridized carbons (Fsp3) is 0.700. The molecule has 0 radical (unpaired) electrons. The van der Waals surface area contributed by atoms with E-state index in [1.165, 1.54) is 5.06 Å². The van der Waals surface area contributed by atoms with Gasteiger partial charge in [-0.15, -0.1) is 6.58 Å². The first-order valence-corrected chi connectivity index (χ1v) is 5.07. The van der Waals surface area contributed by atoms with Gasteiger partial charge in [0.1, 0.15) is 5.60 Å². The van der Waals surface area contributed by atoms with Gasteiger partial charge in [0.2, 0.25) is 5.91 Å². The number of nitrogens with zero attached hydrogens (tertiary/aromatic N) is 1. The lowest BCUT2D eigenvalue weighted by Gasteiger charge is -2.31. The van der Waals surface area contributed by atoms with Gasteiger partial charge in [0.05, 0.1) is 13.0 Å². The third kappa shape index (κ3) is 1.67. The Balaban J connectivity index is 2.02. The molecule has 1 spiro atoms. The van der Waals surface area contributed by atoms with E-state index in [4.69, 9.17) is 4.84 Å². The van der Waals surface area contributed by atoms with Gasteiger partial charge in [-0.25, -0.2) is 5.06 Å². The molecule has 0 aromatic heterocycles. The molecule has 1 amide bonds. The zero-order valence-corrected chi connectivity index (χ0v) is 8.29. The van der Waals surface area contributed by atoms with E-state index in [1.807, 2.05) is 0 Å². The Labute approximate surface area is 83.9 Å². The number of hydroxylamine groups is 2. The van der Waals surface area contributed by atoms with Crippen molar-refractivity contribution in [2.24, 2.45) is 0 Å². The van der Waals surface area contributed by atoms with Crippen LogP contribution in [0.2, 0.25) is 0 Å². The average Bonchev–Trinajstić information content (AvgIpc) is 2.45. The zero-order chi connectivity index (χ0) is 10.0. The summed E-state index contributed by atoms with van der Waals surface area (Å²) in [6, 6.07) is 0. The Kier molecular flexibility index (Phi) is 2.56. The molecule has 2 aliphatic rings. The smallest absolute Gasteiger partial charge is 0.249 e. The summed E-state index contributed by atoms with van der Waals surface area (Å²) in [6.45, 7) is 5.98. The summed E-state index contributed by atoms with van der Waals surface area (Å²) in [6.07, 6.45) is 4.07. The van der Waals surface area contributed by atoms with Crippen molar-refractivity contribution in [3.05, 3.63) is 12.7 Å². The summed E-state index contributed by atoms with van der Waals surface area (Å²) >= 11 is 0. The number of hydrogen-bond acceptors (Lipinski definition) is 3. The van der Waals surface area contributed by atoms with E-state index in [0.717, 1.165) is 25.9 Å². The molecule has 2 saturated heterocycles. The first-order chi connectivity index (χ1) is 6.76. The van der Waals surface area contributed by atoms with E-state index in [1.54, 1.807) is 6.08 Å². The van der Waals surface area contributed by atoms with Crippen LogP contribution in [0.25, 0.3) is 0 Å². The Bertz CT molecular complexity index is 247. The fourth-order valence-corrected chi connectivity index (χ4v) is 2.09. The Morgan fingerprint density at radius 2 is 2.29 bits per heavy atom. The van der Waals surface area contributed by atoms with Gasteiger partial charge in [-0.3, -0.25) is 9.63 Å². The molecule has 2 rings (SSSR count). The number of rotatable bonds is 2. The minimum Gasteiger partial charge on any atom is -0.317 e. The molecule has 0 aliphatic carbocycles. The van der Waals surface area contributed by atoms with Gasteiger partial charge in [-0.1, -0.05) is 6.08 Å². The molecule has 0 aromatic carbocycles. The first kappa shape index (κ1) is 9.68. The summed E-state index contributed by atoms with van der Waals surface area (Å²) in [5, 5.41) is 4.71. The van der Waals surface area contributed by atoms with Crippen molar-refractivity contribution in [2.75, 3.05) is 19.6 Å². The molecule has 2 heterocycles. The normalized spacial score (nSPS) is 25.7. The summed E-state index contributed by atoms with van der Waals surface area (Å²) in [4.78, 5) is 17.3. The largest absolute Gasteiger partial charge is 0.317 e. The van der Waals surface area contributed by atoms with Crippen molar-refractivity contribution in [1.82, 2.24) is 10.4 Å². The zero-order valence-electron chi connectivity index (χ0n) is 8.29. The van der Waals surface area contributed by atoms with E-state index in [2.05, 4.69) is 11.9 Å². The second-order valence-corrected chi connectivity index (χ2v) is 3.94. The van der Waals surface area contributed by atoms with Crippen LogP contribution in [0, 0.1) is 0 Å². The quantitative estimate of drug-likeness (QED) is 0.652. The van der Waals surface area contributed by atoms with Crippen LogP contribution < -0.4 is 5.32 Å². The molecule has 0 atom stereocenters. The third-order valence-electron chi connectivity index (χ3n) is 2.87. The predicted octanol–water partition coefficient (Wildman–Crippen LogP) is 0.458. The Hall–Kier alpha value is -0.870. The molecule has 0 aromatic rings. The topological polar surface area (TPSA) is 41.6 Å². The van der Waals surface area contributed by atoms with Crippen LogP contribution in [-0.4, -0.2) is 36.2 Å². The van der Waals surface area contributed by atoms with Crippen molar-refractivity contribution >= 4 is 5.91 Å². The first-order valence-electron chi connectivity index (χ1n) is 5.07. The van der Waals surface area contributed by atoms with Crippen molar-refractivity contribution in [3.8, 4) is 0 Å². The molecular weight excluding hydrogens is 180 g/mol. The molecule has 2 fully saturated rings. The average molecular weight is 196 g/mol. The van der Waals surface area contributed by atoms with Gasteiger partial charge >= 0.3 is 0 Å². The predicted molar refractivity (Wildman–Crippen MR) is 52.4 cm³/mol. The second-order valence-electron chi connectivity index (χ2n) is 3.94. The summed E-state index contributed by atoms with van der Waals surface area (Å²) in [5.41, 5.74) is -0.217. The van der Waals surface area contributed by atoms with Crippen LogP contribution in [0.3, 0.4) is 0 Å². The minimum absolute atomic E-state index is 0.0896. The maximum absolute atomic E-state index is 11.6. The maximum atomic E-state index is 11.6. The van der Waals surface area contributed by atoms with E-state index < -0.39 is 0 Å². The van der Waals surface area contributed by atoms with E-state index in [9.17, 15) is 4.79 Å². The van der Waals surface area contributed by atoms with Gasteiger partial charge in [0.15, 0.2) is 0 Å². The highest BCUT2D eigenvalue weighted by Gasteiger charge is 2.45. The molecule has 2 aliphatic heterocycles. The van der Waals surface area contributed by atoms with Gasteiger partial charge < -0.3 is 5.32 Å². The third-order valence-corrected chi connectivity index (χ3v) is 2.87. The number of carbonyl (C=O) groups excluding carboxylic acids is 1. The highest BCUT2D eigenvalue weighted by molar-refractivity contribution is 5.78. The lowest BCUT2D eigenvalue weighted by molar-refractivity contribution is -0.200. The standard InChI is InChI=1S/C10H16N2O2/c1-2-7-12-9(13)8-10(14-12)3-5-11-6-4-10/h2,11H,1,3-8H2. The summed E-state index contributed by atoms with van der Waals surface area (Å²) in [7, 11) is 0. The Morgan fingerprint density at radius 3 is 2.93 bits per heavy atom. The van der Waals surface area contributed by atoms with Crippen LogP contribution in [0.4, 0.5) is 0 Å². The molecular formula is C10H16N2O2. The highest BCUT2D eigenvalue weighted by atomic mass is 16.7. The van der Waals surface area contributed by atoms with Crippen LogP contribution in [-0.2, 0) is 9.63 Å². The van der Waals surface area contributed by atoms with Crippen LogP contribution >= 0.6 is 0 Å².